The van der Waals surface area contributed by atoms with Crippen LogP contribution in [0.15, 0.2) is 194 Å². The Morgan fingerprint density at radius 3 is 1.44 bits per heavy atom. The molecule has 1 aromatic heterocycles. The van der Waals surface area contributed by atoms with Gasteiger partial charge in [-0.2, -0.15) is 0 Å². The molecule has 0 nitrogen and oxygen atoms in total. The van der Waals surface area contributed by atoms with Crippen LogP contribution in [0.3, 0.4) is 0 Å². The number of fused-ring (bicyclic) bond motifs is 10. The molecule has 0 aliphatic rings. The molecule has 0 fully saturated rings. The Hall–Kier alpha value is -6.80. The van der Waals surface area contributed by atoms with Crippen molar-refractivity contribution in [2.75, 3.05) is 0 Å². The molecule has 0 saturated heterocycles. The summed E-state index contributed by atoms with van der Waals surface area (Å²) < 4.78 is 2.71. The summed E-state index contributed by atoms with van der Waals surface area (Å²) in [7, 11) is 0. The minimum Gasteiger partial charge on any atom is -0.135 e. The Kier molecular flexibility index (Phi) is 6.60. The summed E-state index contributed by atoms with van der Waals surface area (Å²) in [5.41, 5.74) is 7.58. The normalized spacial score (nSPS) is 12.0. The SMILES string of the molecule is c1ccc2c(-c3c4ccccc4c(-c4ccc5cc(-c6ccc7cc8c(cc7c6)sc6c7ccccc7ccc86)ccc5c4)c4ccccc34)cccc2c1. The van der Waals surface area contributed by atoms with Crippen molar-refractivity contribution in [3.63, 3.8) is 0 Å². The zero-order valence-corrected chi connectivity index (χ0v) is 30.7. The van der Waals surface area contributed by atoms with Crippen LogP contribution in [0.1, 0.15) is 0 Å². The average molecular weight is 713 g/mol. The molecule has 11 aromatic carbocycles. The van der Waals surface area contributed by atoms with Crippen molar-refractivity contribution in [1.29, 1.82) is 0 Å². The second-order valence-corrected chi connectivity index (χ2v) is 15.9. The van der Waals surface area contributed by atoms with Crippen molar-refractivity contribution in [3.8, 4) is 33.4 Å². The molecule has 0 atom stereocenters. The highest BCUT2D eigenvalue weighted by atomic mass is 32.1. The summed E-state index contributed by atoms with van der Waals surface area (Å²) >= 11 is 1.91. The van der Waals surface area contributed by atoms with Crippen LogP contribution >= 0.6 is 11.3 Å². The highest BCUT2D eigenvalue weighted by Gasteiger charge is 2.18. The maximum absolute atomic E-state index is 2.39. The molecular weight excluding hydrogens is 681 g/mol. The van der Waals surface area contributed by atoms with Crippen molar-refractivity contribution in [1.82, 2.24) is 0 Å². The van der Waals surface area contributed by atoms with E-state index < -0.39 is 0 Å². The highest BCUT2D eigenvalue weighted by molar-refractivity contribution is 7.26. The lowest BCUT2D eigenvalue weighted by molar-refractivity contribution is 1.67. The first-order valence-corrected chi connectivity index (χ1v) is 19.8. The standard InChI is InChI=1S/C54H32S/c1-3-13-42-33(10-1)12-9-19-44(42)53-47-17-7-5-15-45(47)52(46-16-6-8-18-48(46)53)40-25-24-36-28-35(20-21-37(36)29-40)38-22-23-39-31-50-49-27-26-34-11-2-4-14-43(34)54(49)55-51(50)32-41(39)30-38/h1-32H. The largest absolute Gasteiger partial charge is 0.135 e. The van der Waals surface area contributed by atoms with Gasteiger partial charge in [0.1, 0.15) is 0 Å². The van der Waals surface area contributed by atoms with Gasteiger partial charge in [0.25, 0.3) is 0 Å². The lowest BCUT2D eigenvalue weighted by Gasteiger charge is -2.19. The van der Waals surface area contributed by atoms with E-state index in [0.717, 1.165) is 0 Å². The molecule has 55 heavy (non-hydrogen) atoms. The van der Waals surface area contributed by atoms with Gasteiger partial charge in [0.2, 0.25) is 0 Å². The topological polar surface area (TPSA) is 0 Å². The van der Waals surface area contributed by atoms with E-state index in [2.05, 4.69) is 194 Å². The van der Waals surface area contributed by atoms with Crippen LogP contribution in [0.5, 0.6) is 0 Å². The van der Waals surface area contributed by atoms with Gasteiger partial charge >= 0.3 is 0 Å². The van der Waals surface area contributed by atoms with E-state index in [1.165, 1.54) is 118 Å². The van der Waals surface area contributed by atoms with E-state index in [0.29, 0.717) is 0 Å². The van der Waals surface area contributed by atoms with Gasteiger partial charge in [0.05, 0.1) is 0 Å². The van der Waals surface area contributed by atoms with Crippen molar-refractivity contribution in [2.45, 2.75) is 0 Å². The van der Waals surface area contributed by atoms with Gasteiger partial charge in [-0.25, -0.2) is 0 Å². The molecule has 0 saturated carbocycles. The molecule has 0 radical (unpaired) electrons. The molecule has 254 valence electrons. The van der Waals surface area contributed by atoms with Crippen LogP contribution in [0.25, 0.3) is 118 Å². The first-order valence-electron chi connectivity index (χ1n) is 19.0. The maximum Gasteiger partial charge on any atom is 0.0433 e. The zero-order valence-electron chi connectivity index (χ0n) is 29.9. The lowest BCUT2D eigenvalue weighted by Crippen LogP contribution is -1.91. The van der Waals surface area contributed by atoms with Crippen LogP contribution in [0, 0.1) is 0 Å². The van der Waals surface area contributed by atoms with Crippen LogP contribution in [0.2, 0.25) is 0 Å². The van der Waals surface area contributed by atoms with Gasteiger partial charge in [-0.3, -0.25) is 0 Å². The minimum atomic E-state index is 1.24. The fraction of sp³-hybridized carbons (Fsp3) is 0. The quantitative estimate of drug-likeness (QED) is 0.160. The third kappa shape index (κ3) is 4.70. The average Bonchev–Trinajstić information content (AvgIpc) is 3.62. The monoisotopic (exact) mass is 712 g/mol. The van der Waals surface area contributed by atoms with Crippen LogP contribution in [-0.4, -0.2) is 0 Å². The first kappa shape index (κ1) is 30.6. The van der Waals surface area contributed by atoms with Crippen molar-refractivity contribution >= 4 is 96.1 Å². The summed E-state index contributed by atoms with van der Waals surface area (Å²) in [6.45, 7) is 0. The predicted molar refractivity (Wildman–Crippen MR) is 241 cm³/mol. The molecule has 1 heterocycles. The van der Waals surface area contributed by atoms with Crippen molar-refractivity contribution < 1.29 is 0 Å². The fourth-order valence-electron chi connectivity index (χ4n) is 9.18. The Morgan fingerprint density at radius 2 is 0.745 bits per heavy atom. The number of thiophene rings is 1. The number of rotatable bonds is 3. The maximum atomic E-state index is 2.39. The van der Waals surface area contributed by atoms with Gasteiger partial charge in [0.15, 0.2) is 0 Å². The number of benzene rings is 11. The van der Waals surface area contributed by atoms with E-state index in [9.17, 15) is 0 Å². The summed E-state index contributed by atoms with van der Waals surface area (Å²) in [6, 6.07) is 72.3. The fourth-order valence-corrected chi connectivity index (χ4v) is 10.4. The molecule has 0 spiro atoms. The molecule has 0 aliphatic carbocycles. The Labute approximate surface area is 322 Å². The van der Waals surface area contributed by atoms with Gasteiger partial charge in [-0.1, -0.05) is 164 Å². The summed E-state index contributed by atoms with van der Waals surface area (Å²) in [5, 5.41) is 18.0. The second-order valence-electron chi connectivity index (χ2n) is 14.8. The molecule has 0 bridgehead atoms. The van der Waals surface area contributed by atoms with Gasteiger partial charge in [-0.15, -0.1) is 11.3 Å². The van der Waals surface area contributed by atoms with Crippen LogP contribution in [0.4, 0.5) is 0 Å². The van der Waals surface area contributed by atoms with Crippen LogP contribution in [-0.2, 0) is 0 Å². The van der Waals surface area contributed by atoms with Gasteiger partial charge in [0, 0.05) is 20.2 Å². The Balaban J connectivity index is 0.980. The Bertz CT molecular complexity index is 3490. The molecule has 12 aromatic rings. The molecule has 0 unspecified atom stereocenters. The van der Waals surface area contributed by atoms with Crippen molar-refractivity contribution in [3.05, 3.63) is 194 Å². The van der Waals surface area contributed by atoms with Gasteiger partial charge in [-0.05, 0) is 128 Å². The smallest absolute Gasteiger partial charge is 0.0433 e. The van der Waals surface area contributed by atoms with E-state index in [4.69, 9.17) is 0 Å². The van der Waals surface area contributed by atoms with Gasteiger partial charge < -0.3 is 0 Å². The number of hydrogen-bond acceptors (Lipinski definition) is 1. The second kappa shape index (κ2) is 11.9. The third-order valence-corrected chi connectivity index (χ3v) is 13.0. The molecular formula is C54H32S. The first-order chi connectivity index (χ1) is 27.2. The summed E-state index contributed by atoms with van der Waals surface area (Å²) in [5.74, 6) is 0. The van der Waals surface area contributed by atoms with E-state index in [1.54, 1.807) is 0 Å². The zero-order chi connectivity index (χ0) is 36.0. The molecule has 1 heteroatoms. The Morgan fingerprint density at radius 1 is 0.255 bits per heavy atom. The lowest BCUT2D eigenvalue weighted by atomic mass is 9.84. The van der Waals surface area contributed by atoms with Crippen molar-refractivity contribution in [2.24, 2.45) is 0 Å². The van der Waals surface area contributed by atoms with E-state index >= 15 is 0 Å². The van der Waals surface area contributed by atoms with E-state index in [1.807, 2.05) is 11.3 Å². The highest BCUT2D eigenvalue weighted by Crippen LogP contribution is 2.46. The summed E-state index contributed by atoms with van der Waals surface area (Å²) in [4.78, 5) is 0. The predicted octanol–water partition coefficient (Wildman–Crippen LogP) is 16.0. The van der Waals surface area contributed by atoms with Crippen LogP contribution < -0.4 is 0 Å². The minimum absolute atomic E-state index is 1.24. The molecule has 0 aliphatic heterocycles. The molecule has 0 N–H and O–H groups in total. The third-order valence-electron chi connectivity index (χ3n) is 11.8. The number of hydrogen-bond donors (Lipinski definition) is 0. The summed E-state index contributed by atoms with van der Waals surface area (Å²) in [6.07, 6.45) is 0. The molecule has 0 amide bonds. The van der Waals surface area contributed by atoms with E-state index in [-0.39, 0.29) is 0 Å². The molecule has 12 rings (SSSR count).